The molecule has 0 bridgehead atoms. The molecule has 3 nitrogen and oxygen atoms in total. The third-order valence-corrected chi connectivity index (χ3v) is 4.39. The van der Waals surface area contributed by atoms with E-state index in [0.29, 0.717) is 0 Å². The molecule has 0 fully saturated rings. The van der Waals surface area contributed by atoms with Gasteiger partial charge in [-0.25, -0.2) is 4.79 Å². The van der Waals surface area contributed by atoms with E-state index >= 15 is 0 Å². The van der Waals surface area contributed by atoms with E-state index in [-0.39, 0.29) is 5.69 Å². The monoisotopic (exact) mass is 371 g/mol. The number of benzene rings is 1. The number of aromatic carboxylic acids is 1. The SMILES string of the molecule is Cc1cc(-n2cc(Br)cc2C(=O)O)cc(C)c1Br. The standard InChI is InChI=1S/C13H11Br2NO2/c1-7-3-10(4-8(2)12(7)15)16-6-9(14)5-11(16)13(17)18/h3-6H,1-2H3,(H,17,18). The van der Waals surface area contributed by atoms with Crippen molar-refractivity contribution in [2.24, 2.45) is 0 Å². The predicted molar refractivity (Wildman–Crippen MR) is 77.6 cm³/mol. The van der Waals surface area contributed by atoms with Crippen molar-refractivity contribution in [3.63, 3.8) is 0 Å². The summed E-state index contributed by atoms with van der Waals surface area (Å²) in [7, 11) is 0. The van der Waals surface area contributed by atoms with E-state index in [1.165, 1.54) is 0 Å². The molecule has 0 amide bonds. The van der Waals surface area contributed by atoms with E-state index in [9.17, 15) is 9.90 Å². The van der Waals surface area contributed by atoms with Gasteiger partial charge in [0, 0.05) is 20.8 Å². The fourth-order valence-corrected chi connectivity index (χ4v) is 2.52. The van der Waals surface area contributed by atoms with Crippen LogP contribution < -0.4 is 0 Å². The van der Waals surface area contributed by atoms with E-state index in [0.717, 1.165) is 25.8 Å². The van der Waals surface area contributed by atoms with Crippen molar-refractivity contribution < 1.29 is 9.90 Å². The molecule has 0 unspecified atom stereocenters. The first-order valence-corrected chi connectivity index (χ1v) is 6.87. The van der Waals surface area contributed by atoms with Gasteiger partial charge >= 0.3 is 5.97 Å². The van der Waals surface area contributed by atoms with Crippen LogP contribution in [0, 0.1) is 13.8 Å². The molecule has 0 aliphatic rings. The molecule has 0 spiro atoms. The number of aromatic nitrogens is 1. The van der Waals surface area contributed by atoms with Crippen LogP contribution in [0.15, 0.2) is 33.3 Å². The lowest BCUT2D eigenvalue weighted by Crippen LogP contribution is -2.06. The average Bonchev–Trinajstić information content (AvgIpc) is 2.67. The Morgan fingerprint density at radius 2 is 1.72 bits per heavy atom. The molecule has 0 atom stereocenters. The van der Waals surface area contributed by atoms with Crippen molar-refractivity contribution >= 4 is 37.8 Å². The molecule has 2 rings (SSSR count). The zero-order valence-electron chi connectivity index (χ0n) is 9.87. The first-order chi connectivity index (χ1) is 8.40. The van der Waals surface area contributed by atoms with E-state index in [2.05, 4.69) is 31.9 Å². The second kappa shape index (κ2) is 4.90. The number of carboxylic acids is 1. The van der Waals surface area contributed by atoms with Crippen LogP contribution in [-0.2, 0) is 0 Å². The number of hydrogen-bond donors (Lipinski definition) is 1. The van der Waals surface area contributed by atoms with Gasteiger partial charge in [0.1, 0.15) is 5.69 Å². The molecular weight excluding hydrogens is 362 g/mol. The lowest BCUT2D eigenvalue weighted by molar-refractivity contribution is 0.0688. The van der Waals surface area contributed by atoms with Crippen molar-refractivity contribution in [2.45, 2.75) is 13.8 Å². The van der Waals surface area contributed by atoms with E-state index < -0.39 is 5.97 Å². The van der Waals surface area contributed by atoms with Gasteiger partial charge < -0.3 is 9.67 Å². The Hall–Kier alpha value is -1.07. The molecule has 1 aromatic carbocycles. The Morgan fingerprint density at radius 1 is 1.17 bits per heavy atom. The highest BCUT2D eigenvalue weighted by atomic mass is 79.9. The highest BCUT2D eigenvalue weighted by Crippen LogP contribution is 2.27. The third-order valence-electron chi connectivity index (χ3n) is 2.71. The second-order valence-electron chi connectivity index (χ2n) is 4.11. The molecule has 94 valence electrons. The summed E-state index contributed by atoms with van der Waals surface area (Å²) >= 11 is 6.81. The smallest absolute Gasteiger partial charge is 0.352 e. The summed E-state index contributed by atoms with van der Waals surface area (Å²) in [6.07, 6.45) is 1.76. The molecule has 0 saturated carbocycles. The van der Waals surface area contributed by atoms with Gasteiger partial charge in [0.15, 0.2) is 0 Å². The summed E-state index contributed by atoms with van der Waals surface area (Å²) in [6.45, 7) is 3.97. The van der Waals surface area contributed by atoms with Gasteiger partial charge in [-0.3, -0.25) is 0 Å². The number of carboxylic acid groups (broad SMARTS) is 1. The molecule has 0 radical (unpaired) electrons. The van der Waals surface area contributed by atoms with E-state index in [1.54, 1.807) is 16.8 Å². The summed E-state index contributed by atoms with van der Waals surface area (Å²) in [4.78, 5) is 11.2. The molecule has 0 saturated heterocycles. The van der Waals surface area contributed by atoms with Crippen LogP contribution in [0.2, 0.25) is 0 Å². The normalized spacial score (nSPS) is 10.7. The lowest BCUT2D eigenvalue weighted by Gasteiger charge is -2.10. The van der Waals surface area contributed by atoms with Crippen LogP contribution in [0.5, 0.6) is 0 Å². The van der Waals surface area contributed by atoms with Gasteiger partial charge in [0.2, 0.25) is 0 Å². The van der Waals surface area contributed by atoms with Crippen molar-refractivity contribution in [3.05, 3.63) is 50.2 Å². The van der Waals surface area contributed by atoms with Gasteiger partial charge in [0.25, 0.3) is 0 Å². The van der Waals surface area contributed by atoms with Crippen molar-refractivity contribution in [1.82, 2.24) is 4.57 Å². The molecular formula is C13H11Br2NO2. The Morgan fingerprint density at radius 3 is 2.22 bits per heavy atom. The lowest BCUT2D eigenvalue weighted by atomic mass is 10.1. The van der Waals surface area contributed by atoms with Gasteiger partial charge in [-0.2, -0.15) is 0 Å². The van der Waals surface area contributed by atoms with Crippen LogP contribution in [0.3, 0.4) is 0 Å². The molecule has 0 aliphatic carbocycles. The highest BCUT2D eigenvalue weighted by Gasteiger charge is 2.14. The van der Waals surface area contributed by atoms with Crippen LogP contribution in [0.1, 0.15) is 21.6 Å². The largest absolute Gasteiger partial charge is 0.477 e. The predicted octanol–water partition coefficient (Wildman–Crippen LogP) is 4.32. The van der Waals surface area contributed by atoms with E-state index in [1.807, 2.05) is 26.0 Å². The van der Waals surface area contributed by atoms with Gasteiger partial charge in [-0.15, -0.1) is 0 Å². The van der Waals surface area contributed by atoms with Gasteiger partial charge in [0.05, 0.1) is 0 Å². The second-order valence-corrected chi connectivity index (χ2v) is 5.82. The maximum Gasteiger partial charge on any atom is 0.352 e. The molecule has 1 N–H and O–H groups in total. The Kier molecular flexibility index (Phi) is 3.64. The summed E-state index contributed by atoms with van der Waals surface area (Å²) in [6, 6.07) is 5.50. The molecule has 5 heteroatoms. The Bertz CT molecular complexity index is 609. The number of carbonyl (C=O) groups is 1. The minimum atomic E-state index is -0.945. The molecule has 1 aromatic heterocycles. The zero-order valence-corrected chi connectivity index (χ0v) is 13.0. The van der Waals surface area contributed by atoms with Gasteiger partial charge in [-0.05, 0) is 59.1 Å². The summed E-state index contributed by atoms with van der Waals surface area (Å²) in [5.41, 5.74) is 3.23. The third kappa shape index (κ3) is 2.37. The van der Waals surface area contributed by atoms with Crippen molar-refractivity contribution in [1.29, 1.82) is 0 Å². The number of nitrogens with zero attached hydrogens (tertiary/aromatic N) is 1. The van der Waals surface area contributed by atoms with Crippen LogP contribution >= 0.6 is 31.9 Å². The molecule has 2 aromatic rings. The first-order valence-electron chi connectivity index (χ1n) is 5.28. The summed E-state index contributed by atoms with van der Waals surface area (Å²) in [5.74, 6) is -0.945. The minimum absolute atomic E-state index is 0.239. The summed E-state index contributed by atoms with van der Waals surface area (Å²) in [5, 5.41) is 9.18. The van der Waals surface area contributed by atoms with Crippen LogP contribution in [-0.4, -0.2) is 15.6 Å². The molecule has 0 aliphatic heterocycles. The Labute approximate surface area is 122 Å². The average molecular weight is 373 g/mol. The molecule has 18 heavy (non-hydrogen) atoms. The van der Waals surface area contributed by atoms with Crippen molar-refractivity contribution in [3.8, 4) is 5.69 Å². The van der Waals surface area contributed by atoms with Crippen molar-refractivity contribution in [2.75, 3.05) is 0 Å². The van der Waals surface area contributed by atoms with Gasteiger partial charge in [-0.1, -0.05) is 15.9 Å². The highest BCUT2D eigenvalue weighted by molar-refractivity contribution is 9.10. The number of aryl methyl sites for hydroxylation is 2. The summed E-state index contributed by atoms with van der Waals surface area (Å²) < 4.78 is 3.46. The quantitative estimate of drug-likeness (QED) is 0.852. The van der Waals surface area contributed by atoms with Crippen LogP contribution in [0.25, 0.3) is 5.69 Å². The number of rotatable bonds is 2. The topological polar surface area (TPSA) is 42.2 Å². The number of halogens is 2. The number of hydrogen-bond acceptors (Lipinski definition) is 1. The maximum atomic E-state index is 11.2. The first kappa shape index (κ1) is 13.4. The van der Waals surface area contributed by atoms with E-state index in [4.69, 9.17) is 0 Å². The van der Waals surface area contributed by atoms with Crippen LogP contribution in [0.4, 0.5) is 0 Å². The fraction of sp³-hybridized carbons (Fsp3) is 0.154. The molecule has 1 heterocycles. The Balaban J connectivity index is 2.65. The maximum absolute atomic E-state index is 11.2. The zero-order chi connectivity index (χ0) is 13.4. The fourth-order valence-electron chi connectivity index (χ4n) is 1.87. The minimum Gasteiger partial charge on any atom is -0.477 e.